The second-order valence-corrected chi connectivity index (χ2v) is 4.74. The summed E-state index contributed by atoms with van der Waals surface area (Å²) in [5, 5.41) is 3.43. The van der Waals surface area contributed by atoms with Crippen molar-refractivity contribution in [1.82, 2.24) is 0 Å². The lowest BCUT2D eigenvalue weighted by Crippen LogP contribution is -2.21. The van der Waals surface area contributed by atoms with Gasteiger partial charge in [-0.1, -0.05) is 19.4 Å². The number of para-hydroxylation sites is 1. The molecule has 2 rings (SSSR count). The van der Waals surface area contributed by atoms with Gasteiger partial charge in [0.05, 0.1) is 18.0 Å². The lowest BCUT2D eigenvalue weighted by atomic mass is 9.85. The average molecular weight is 234 g/mol. The summed E-state index contributed by atoms with van der Waals surface area (Å²) in [6.07, 6.45) is 5.07. The second kappa shape index (κ2) is 5.80. The summed E-state index contributed by atoms with van der Waals surface area (Å²) in [6, 6.07) is 5.94. The molecule has 0 bridgehead atoms. The van der Waals surface area contributed by atoms with Crippen molar-refractivity contribution in [2.75, 3.05) is 24.2 Å². The van der Waals surface area contributed by atoms with Crippen molar-refractivity contribution in [1.29, 1.82) is 0 Å². The summed E-state index contributed by atoms with van der Waals surface area (Å²) in [5.74, 6) is 1.63. The van der Waals surface area contributed by atoms with E-state index < -0.39 is 0 Å². The maximum absolute atomic E-state index is 6.08. The van der Waals surface area contributed by atoms with Crippen LogP contribution in [0.25, 0.3) is 0 Å². The van der Waals surface area contributed by atoms with Crippen molar-refractivity contribution in [2.45, 2.75) is 32.6 Å². The van der Waals surface area contributed by atoms with Gasteiger partial charge in [-0.2, -0.15) is 0 Å². The molecule has 1 fully saturated rings. The number of nitrogen functional groups attached to an aromatic ring is 1. The van der Waals surface area contributed by atoms with Gasteiger partial charge in [-0.05, 0) is 37.3 Å². The third-order valence-electron chi connectivity index (χ3n) is 3.33. The monoisotopic (exact) mass is 234 g/mol. The largest absolute Gasteiger partial charge is 0.491 e. The van der Waals surface area contributed by atoms with E-state index in [2.05, 4.69) is 12.2 Å². The summed E-state index contributed by atoms with van der Waals surface area (Å²) < 4.78 is 5.61. The van der Waals surface area contributed by atoms with E-state index in [0.29, 0.717) is 0 Å². The van der Waals surface area contributed by atoms with Crippen LogP contribution in [0.3, 0.4) is 0 Å². The first kappa shape index (κ1) is 12.1. The molecule has 3 nitrogen and oxygen atoms in total. The number of nitrogens with one attached hydrogen (secondary N) is 1. The van der Waals surface area contributed by atoms with Gasteiger partial charge in [-0.25, -0.2) is 0 Å². The Labute approximate surface area is 103 Å². The van der Waals surface area contributed by atoms with Gasteiger partial charge in [0.1, 0.15) is 5.75 Å². The Hall–Kier alpha value is -1.38. The number of ether oxygens (including phenoxy) is 1. The van der Waals surface area contributed by atoms with Crippen LogP contribution in [0.15, 0.2) is 18.2 Å². The molecule has 0 amide bonds. The minimum atomic E-state index is 0.719. The first-order valence-corrected chi connectivity index (χ1v) is 6.56. The van der Waals surface area contributed by atoms with Crippen LogP contribution in [0.1, 0.15) is 32.6 Å². The lowest BCUT2D eigenvalue weighted by Gasteiger charge is -2.26. The Morgan fingerprint density at radius 3 is 2.88 bits per heavy atom. The van der Waals surface area contributed by atoms with Crippen LogP contribution in [0.2, 0.25) is 0 Å². The molecule has 0 radical (unpaired) electrons. The molecule has 0 saturated heterocycles. The second-order valence-electron chi connectivity index (χ2n) is 4.74. The third-order valence-corrected chi connectivity index (χ3v) is 3.33. The van der Waals surface area contributed by atoms with Gasteiger partial charge in [0, 0.05) is 6.54 Å². The predicted molar refractivity (Wildman–Crippen MR) is 72.5 cm³/mol. The van der Waals surface area contributed by atoms with Gasteiger partial charge in [-0.15, -0.1) is 0 Å². The Morgan fingerprint density at radius 2 is 2.24 bits per heavy atom. The van der Waals surface area contributed by atoms with E-state index in [0.717, 1.165) is 42.6 Å². The molecule has 1 aliphatic rings. The highest BCUT2D eigenvalue weighted by Crippen LogP contribution is 2.31. The van der Waals surface area contributed by atoms with E-state index in [1.165, 1.54) is 19.3 Å². The standard InChI is InChI=1S/C14H22N2O/c1-2-9-17-13-8-4-7-12(14(13)15)16-10-11-5-3-6-11/h4,7-8,11,16H,2-3,5-6,9-10,15H2,1H3. The maximum atomic E-state index is 6.08. The predicted octanol–water partition coefficient (Wildman–Crippen LogP) is 3.27. The van der Waals surface area contributed by atoms with Crippen molar-refractivity contribution < 1.29 is 4.74 Å². The number of hydrogen-bond acceptors (Lipinski definition) is 3. The fourth-order valence-corrected chi connectivity index (χ4v) is 1.99. The number of hydrogen-bond donors (Lipinski definition) is 2. The molecule has 0 unspecified atom stereocenters. The van der Waals surface area contributed by atoms with E-state index in [4.69, 9.17) is 10.5 Å². The normalized spacial score (nSPS) is 15.4. The Balaban J connectivity index is 1.95. The average Bonchev–Trinajstić information content (AvgIpc) is 2.27. The van der Waals surface area contributed by atoms with Gasteiger partial charge in [0.2, 0.25) is 0 Å². The zero-order valence-corrected chi connectivity index (χ0v) is 10.5. The quantitative estimate of drug-likeness (QED) is 0.743. The van der Waals surface area contributed by atoms with Crippen LogP contribution < -0.4 is 15.8 Å². The number of nitrogens with two attached hydrogens (primary N) is 1. The van der Waals surface area contributed by atoms with E-state index in [1.54, 1.807) is 0 Å². The minimum Gasteiger partial charge on any atom is -0.491 e. The van der Waals surface area contributed by atoms with Crippen LogP contribution in [0.5, 0.6) is 5.75 Å². The molecule has 0 aliphatic heterocycles. The minimum absolute atomic E-state index is 0.719. The van der Waals surface area contributed by atoms with Gasteiger partial charge in [0.25, 0.3) is 0 Å². The van der Waals surface area contributed by atoms with Crippen molar-refractivity contribution >= 4 is 11.4 Å². The van der Waals surface area contributed by atoms with Crippen molar-refractivity contribution in [2.24, 2.45) is 5.92 Å². The summed E-state index contributed by atoms with van der Waals surface area (Å²) >= 11 is 0. The van der Waals surface area contributed by atoms with Gasteiger partial charge in [0.15, 0.2) is 0 Å². The summed E-state index contributed by atoms with van der Waals surface area (Å²) in [4.78, 5) is 0. The van der Waals surface area contributed by atoms with Crippen molar-refractivity contribution in [3.63, 3.8) is 0 Å². The van der Waals surface area contributed by atoms with E-state index in [1.807, 2.05) is 18.2 Å². The smallest absolute Gasteiger partial charge is 0.144 e. The SMILES string of the molecule is CCCOc1cccc(NCC2CCC2)c1N. The molecule has 1 aromatic rings. The van der Waals surface area contributed by atoms with E-state index in [9.17, 15) is 0 Å². The molecule has 3 N–H and O–H groups in total. The summed E-state index contributed by atoms with van der Waals surface area (Å²) in [5.41, 5.74) is 7.82. The van der Waals surface area contributed by atoms with Crippen LogP contribution in [0, 0.1) is 5.92 Å². The molecular formula is C14H22N2O. The zero-order chi connectivity index (χ0) is 12.1. The van der Waals surface area contributed by atoms with Crippen LogP contribution in [0.4, 0.5) is 11.4 Å². The van der Waals surface area contributed by atoms with Crippen LogP contribution in [-0.2, 0) is 0 Å². The van der Waals surface area contributed by atoms with Gasteiger partial charge < -0.3 is 15.8 Å². The zero-order valence-electron chi connectivity index (χ0n) is 10.5. The van der Waals surface area contributed by atoms with Crippen LogP contribution in [-0.4, -0.2) is 13.2 Å². The third kappa shape index (κ3) is 3.05. The molecule has 0 atom stereocenters. The highest BCUT2D eigenvalue weighted by Gasteiger charge is 2.17. The van der Waals surface area contributed by atoms with E-state index in [-0.39, 0.29) is 0 Å². The van der Waals surface area contributed by atoms with Crippen LogP contribution >= 0.6 is 0 Å². The molecule has 17 heavy (non-hydrogen) atoms. The first-order chi connectivity index (χ1) is 8.31. The van der Waals surface area contributed by atoms with Crippen molar-refractivity contribution in [3.05, 3.63) is 18.2 Å². The number of anilines is 2. The van der Waals surface area contributed by atoms with E-state index >= 15 is 0 Å². The number of benzene rings is 1. The molecule has 94 valence electrons. The lowest BCUT2D eigenvalue weighted by molar-refractivity contribution is 0.319. The summed E-state index contributed by atoms with van der Waals surface area (Å²) in [6.45, 7) is 3.84. The molecule has 1 aromatic carbocycles. The highest BCUT2D eigenvalue weighted by molar-refractivity contribution is 5.72. The fraction of sp³-hybridized carbons (Fsp3) is 0.571. The molecule has 0 aromatic heterocycles. The molecule has 3 heteroatoms. The molecule has 0 spiro atoms. The first-order valence-electron chi connectivity index (χ1n) is 6.56. The van der Waals surface area contributed by atoms with Gasteiger partial charge >= 0.3 is 0 Å². The van der Waals surface area contributed by atoms with Gasteiger partial charge in [-0.3, -0.25) is 0 Å². The fourth-order valence-electron chi connectivity index (χ4n) is 1.99. The Kier molecular flexibility index (Phi) is 4.13. The van der Waals surface area contributed by atoms with Crippen molar-refractivity contribution in [3.8, 4) is 5.75 Å². The Bertz CT molecular complexity index is 361. The maximum Gasteiger partial charge on any atom is 0.144 e. The molecule has 1 aliphatic carbocycles. The molecule has 0 heterocycles. The Morgan fingerprint density at radius 1 is 1.41 bits per heavy atom. The highest BCUT2D eigenvalue weighted by atomic mass is 16.5. The number of rotatable bonds is 6. The molecule has 1 saturated carbocycles. The summed E-state index contributed by atoms with van der Waals surface area (Å²) in [7, 11) is 0. The molecular weight excluding hydrogens is 212 g/mol. The topological polar surface area (TPSA) is 47.3 Å².